The second-order valence-electron chi connectivity index (χ2n) is 8.51. The first-order chi connectivity index (χ1) is 18.0. The monoisotopic (exact) mass is 559 g/mol. The highest BCUT2D eigenvalue weighted by Crippen LogP contribution is 2.29. The molecule has 2 aromatic heterocycles. The normalized spacial score (nSPS) is 12.3. The molecule has 38 heavy (non-hydrogen) atoms. The molecule has 10 nitrogen and oxygen atoms in total. The van der Waals surface area contributed by atoms with E-state index in [9.17, 15) is 27.5 Å². The number of halogens is 2. The van der Waals surface area contributed by atoms with Crippen LogP contribution in [0.2, 0.25) is 5.02 Å². The van der Waals surface area contributed by atoms with Crippen molar-refractivity contribution in [2.45, 2.75) is 25.0 Å². The number of aromatic nitrogens is 3. The number of hydrogen-bond acceptors (Lipinski definition) is 7. The van der Waals surface area contributed by atoms with Crippen molar-refractivity contribution < 1.29 is 22.7 Å². The molecule has 3 N–H and O–H groups in total. The van der Waals surface area contributed by atoms with Crippen molar-refractivity contribution in [2.75, 3.05) is 11.8 Å². The zero-order valence-corrected chi connectivity index (χ0v) is 21.8. The Morgan fingerprint density at radius 3 is 2.61 bits per heavy atom. The highest BCUT2D eigenvalue weighted by Gasteiger charge is 2.21. The van der Waals surface area contributed by atoms with Crippen molar-refractivity contribution in [3.05, 3.63) is 81.9 Å². The molecule has 2 heterocycles. The van der Waals surface area contributed by atoms with Gasteiger partial charge in [0.1, 0.15) is 10.7 Å². The van der Waals surface area contributed by atoms with Crippen LogP contribution in [0.15, 0.2) is 64.7 Å². The van der Waals surface area contributed by atoms with E-state index in [1.54, 1.807) is 25.1 Å². The van der Waals surface area contributed by atoms with E-state index in [2.05, 4.69) is 20.0 Å². The van der Waals surface area contributed by atoms with E-state index < -0.39 is 28.4 Å². The highest BCUT2D eigenvalue weighted by molar-refractivity contribution is 7.92. The Morgan fingerprint density at radius 2 is 1.92 bits per heavy atom. The average molecular weight is 560 g/mol. The molecular weight excluding hydrogens is 537 g/mol. The number of rotatable bonds is 8. The Morgan fingerprint density at radius 1 is 1.16 bits per heavy atom. The standard InChI is InChI=1S/C25H23ClFN5O5S/c1-14(24(34)28-2)11-32-13-30-20-5-3-15(7-18(20)25(32)35)16-8-21(22(12-33)29-10-16)31-38(36,37)23-6-4-17(27)9-19(23)26/h3-10,13-14,31,33H,11-12H2,1-2H3,(H,28,34)/t14-/m1/s1. The lowest BCUT2D eigenvalue weighted by Crippen LogP contribution is -2.32. The molecule has 0 fully saturated rings. The SMILES string of the molecule is CNC(=O)[C@H](C)Cn1cnc2ccc(-c3cnc(CO)c(NS(=O)(=O)c4ccc(F)cc4Cl)c3)cc2c1=O. The number of sulfonamides is 1. The molecule has 0 saturated heterocycles. The first-order valence-electron chi connectivity index (χ1n) is 11.3. The quantitative estimate of drug-likeness (QED) is 0.301. The van der Waals surface area contributed by atoms with Crippen molar-refractivity contribution in [3.63, 3.8) is 0 Å². The molecule has 0 aliphatic carbocycles. The molecule has 1 atom stereocenters. The van der Waals surface area contributed by atoms with Crippen LogP contribution in [0.4, 0.5) is 10.1 Å². The van der Waals surface area contributed by atoms with Gasteiger partial charge in [-0.25, -0.2) is 17.8 Å². The maximum absolute atomic E-state index is 13.4. The molecule has 4 aromatic rings. The summed E-state index contributed by atoms with van der Waals surface area (Å²) in [4.78, 5) is 33.2. The van der Waals surface area contributed by atoms with Gasteiger partial charge < -0.3 is 10.4 Å². The summed E-state index contributed by atoms with van der Waals surface area (Å²) in [6, 6.07) is 9.25. The topological polar surface area (TPSA) is 143 Å². The van der Waals surface area contributed by atoms with Crippen LogP contribution in [0.25, 0.3) is 22.0 Å². The molecule has 0 bridgehead atoms. The zero-order valence-electron chi connectivity index (χ0n) is 20.3. The van der Waals surface area contributed by atoms with Gasteiger partial charge in [0.05, 0.1) is 46.2 Å². The minimum absolute atomic E-state index is 0.0199. The number of amides is 1. The van der Waals surface area contributed by atoms with Gasteiger partial charge in [0, 0.05) is 25.4 Å². The van der Waals surface area contributed by atoms with Crippen LogP contribution in [0.3, 0.4) is 0 Å². The van der Waals surface area contributed by atoms with Gasteiger partial charge >= 0.3 is 0 Å². The van der Waals surface area contributed by atoms with Gasteiger partial charge in [0.25, 0.3) is 15.6 Å². The average Bonchev–Trinajstić information content (AvgIpc) is 2.89. The van der Waals surface area contributed by atoms with Crippen LogP contribution in [-0.4, -0.2) is 41.0 Å². The molecule has 0 unspecified atom stereocenters. The molecule has 0 saturated carbocycles. The molecular formula is C25H23ClFN5O5S. The predicted octanol–water partition coefficient (Wildman–Crippen LogP) is 2.93. The fourth-order valence-electron chi connectivity index (χ4n) is 3.85. The summed E-state index contributed by atoms with van der Waals surface area (Å²) in [5.41, 5.74) is 1.09. The van der Waals surface area contributed by atoms with E-state index in [-0.39, 0.29) is 39.3 Å². The fraction of sp³-hybridized carbons (Fsp3) is 0.200. The number of carbonyl (C=O) groups is 1. The Hall–Kier alpha value is -3.87. The van der Waals surface area contributed by atoms with Crippen molar-refractivity contribution in [2.24, 2.45) is 5.92 Å². The van der Waals surface area contributed by atoms with E-state index in [0.717, 1.165) is 18.2 Å². The minimum atomic E-state index is -4.26. The molecule has 2 aromatic carbocycles. The van der Waals surface area contributed by atoms with E-state index in [4.69, 9.17) is 11.6 Å². The lowest BCUT2D eigenvalue weighted by atomic mass is 10.0. The Bertz CT molecular complexity index is 1710. The van der Waals surface area contributed by atoms with E-state index >= 15 is 0 Å². The predicted molar refractivity (Wildman–Crippen MR) is 141 cm³/mol. The third kappa shape index (κ3) is 5.52. The van der Waals surface area contributed by atoms with Crippen LogP contribution >= 0.6 is 11.6 Å². The van der Waals surface area contributed by atoms with Gasteiger partial charge in [-0.3, -0.25) is 23.9 Å². The number of benzene rings is 2. The zero-order chi connectivity index (χ0) is 27.6. The van der Waals surface area contributed by atoms with E-state index in [1.165, 1.54) is 30.2 Å². The van der Waals surface area contributed by atoms with E-state index in [1.807, 2.05) is 0 Å². The maximum atomic E-state index is 13.4. The van der Waals surface area contributed by atoms with Gasteiger partial charge in [0.15, 0.2) is 0 Å². The van der Waals surface area contributed by atoms with Crippen LogP contribution in [-0.2, 0) is 28.0 Å². The van der Waals surface area contributed by atoms with E-state index in [0.29, 0.717) is 22.0 Å². The van der Waals surface area contributed by atoms with Gasteiger partial charge in [-0.05, 0) is 42.0 Å². The number of nitrogens with one attached hydrogen (secondary N) is 2. The second-order valence-corrected chi connectivity index (χ2v) is 10.6. The van der Waals surface area contributed by atoms with Crippen molar-refractivity contribution in [1.29, 1.82) is 0 Å². The summed E-state index contributed by atoms with van der Waals surface area (Å²) in [7, 11) is -2.74. The number of aliphatic hydroxyl groups is 1. The number of anilines is 1. The Kier molecular flexibility index (Phi) is 7.76. The van der Waals surface area contributed by atoms with Gasteiger partial charge in [-0.15, -0.1) is 0 Å². The summed E-state index contributed by atoms with van der Waals surface area (Å²) in [5, 5.41) is 12.3. The molecule has 0 aliphatic rings. The largest absolute Gasteiger partial charge is 0.390 e. The summed E-state index contributed by atoms with van der Waals surface area (Å²) in [5.74, 6) is -1.36. The minimum Gasteiger partial charge on any atom is -0.390 e. The second kappa shape index (κ2) is 10.9. The Balaban J connectivity index is 1.73. The van der Waals surface area contributed by atoms with Crippen LogP contribution in [0.1, 0.15) is 12.6 Å². The number of fused-ring (bicyclic) bond motifs is 1. The molecule has 13 heteroatoms. The smallest absolute Gasteiger partial charge is 0.263 e. The molecule has 1 amide bonds. The molecule has 0 radical (unpaired) electrons. The number of pyridine rings is 1. The summed E-state index contributed by atoms with van der Waals surface area (Å²) in [6.07, 6.45) is 2.81. The number of hydrogen-bond donors (Lipinski definition) is 3. The lowest BCUT2D eigenvalue weighted by Gasteiger charge is -2.14. The lowest BCUT2D eigenvalue weighted by molar-refractivity contribution is -0.124. The third-order valence-corrected chi connectivity index (χ3v) is 7.72. The molecule has 0 spiro atoms. The fourth-order valence-corrected chi connectivity index (χ4v) is 5.46. The first kappa shape index (κ1) is 27.2. The third-order valence-electron chi connectivity index (χ3n) is 5.87. The van der Waals surface area contributed by atoms with Gasteiger partial charge in [0.2, 0.25) is 5.91 Å². The molecule has 198 valence electrons. The molecule has 4 rings (SSSR count). The van der Waals surface area contributed by atoms with Crippen molar-refractivity contribution in [3.8, 4) is 11.1 Å². The Labute approximate surface area is 222 Å². The van der Waals surface area contributed by atoms with Crippen molar-refractivity contribution in [1.82, 2.24) is 19.9 Å². The number of aliphatic hydroxyl groups excluding tert-OH is 1. The first-order valence-corrected chi connectivity index (χ1v) is 13.2. The van der Waals surface area contributed by atoms with Gasteiger partial charge in [-0.2, -0.15) is 0 Å². The number of carbonyl (C=O) groups excluding carboxylic acids is 1. The molecule has 0 aliphatic heterocycles. The van der Waals surface area contributed by atoms with Crippen LogP contribution < -0.4 is 15.6 Å². The van der Waals surface area contributed by atoms with Gasteiger partial charge in [-0.1, -0.05) is 24.6 Å². The number of nitrogens with zero attached hydrogens (tertiary/aromatic N) is 3. The van der Waals surface area contributed by atoms with Crippen LogP contribution in [0.5, 0.6) is 0 Å². The van der Waals surface area contributed by atoms with Crippen LogP contribution in [0, 0.1) is 11.7 Å². The summed E-state index contributed by atoms with van der Waals surface area (Å²) >= 11 is 5.94. The summed E-state index contributed by atoms with van der Waals surface area (Å²) < 4.78 is 43.0. The maximum Gasteiger partial charge on any atom is 0.263 e. The van der Waals surface area contributed by atoms with Crippen molar-refractivity contribution >= 4 is 44.1 Å². The highest BCUT2D eigenvalue weighted by atomic mass is 35.5. The summed E-state index contributed by atoms with van der Waals surface area (Å²) in [6.45, 7) is 1.27.